The van der Waals surface area contributed by atoms with Crippen LogP contribution in [0, 0.1) is 0 Å². The molecular formula is C31H60F6GeHfN3. The van der Waals surface area contributed by atoms with Crippen molar-refractivity contribution in [2.24, 2.45) is 0 Å². The van der Waals surface area contributed by atoms with Crippen molar-refractivity contribution in [3.63, 3.8) is 0 Å². The van der Waals surface area contributed by atoms with E-state index in [-0.39, 0.29) is 59.1 Å². The molecule has 0 saturated carbocycles. The van der Waals surface area contributed by atoms with Crippen LogP contribution in [0.4, 0.5) is 26.3 Å². The Balaban J connectivity index is -0.000000136. The summed E-state index contributed by atoms with van der Waals surface area (Å²) < 4.78 is 65.4. The molecule has 0 N–H and O–H groups in total. The molecule has 249 valence electrons. The van der Waals surface area contributed by atoms with E-state index in [1.54, 1.807) is 0 Å². The second kappa shape index (κ2) is 20.4. The zero-order valence-corrected chi connectivity index (χ0v) is 35.6. The van der Waals surface area contributed by atoms with Crippen LogP contribution in [-0.4, -0.2) is 58.7 Å². The van der Waals surface area contributed by atoms with Crippen molar-refractivity contribution in [1.82, 2.24) is 0 Å². The number of rotatable bonds is 0. The van der Waals surface area contributed by atoms with Crippen LogP contribution < -0.4 is 0 Å². The van der Waals surface area contributed by atoms with E-state index < -0.39 is 25.4 Å². The molecule has 1 aromatic rings. The van der Waals surface area contributed by atoms with Crippen LogP contribution in [-0.2, 0) is 25.8 Å². The Kier molecular flexibility index (Phi) is 25.1. The number of nitrogens with zero attached hydrogens (tertiary/aromatic N) is 3. The maximum absolute atomic E-state index is 10.9. The molecule has 0 amide bonds. The predicted octanol–water partition coefficient (Wildman–Crippen LogP) is 11.7. The van der Waals surface area contributed by atoms with E-state index in [0.29, 0.717) is 0 Å². The van der Waals surface area contributed by atoms with Gasteiger partial charge in [0, 0.05) is 0 Å². The largest absolute Gasteiger partial charge is 4.00 e. The maximum Gasteiger partial charge on any atom is 4.00 e. The maximum atomic E-state index is 10.9. The van der Waals surface area contributed by atoms with Gasteiger partial charge >= 0.3 is 77.6 Å². The Hall–Kier alpha value is 0.223. The van der Waals surface area contributed by atoms with E-state index in [0.717, 1.165) is 0 Å². The van der Waals surface area contributed by atoms with Gasteiger partial charge in [0.2, 0.25) is 0 Å². The summed E-state index contributed by atoms with van der Waals surface area (Å²) in [5, 5.41) is 3.66. The molecule has 1 rings (SSSR count). The Bertz CT molecular complexity index is 568. The summed E-state index contributed by atoms with van der Waals surface area (Å²) in [6, 6.07) is 10.0. The van der Waals surface area contributed by atoms with Gasteiger partial charge in [-0.15, -0.1) is 33.2 Å². The minimum atomic E-state index is -4.98. The topological polar surface area (TPSA) is 42.3 Å². The third-order valence-corrected chi connectivity index (χ3v) is 4.27. The van der Waals surface area contributed by atoms with Gasteiger partial charge in [-0.3, -0.25) is 0 Å². The molecule has 0 spiro atoms. The molecule has 42 heavy (non-hydrogen) atoms. The van der Waals surface area contributed by atoms with Crippen LogP contribution in [0.15, 0.2) is 30.3 Å². The molecule has 0 aromatic heterocycles. The van der Waals surface area contributed by atoms with Gasteiger partial charge in [0.1, 0.15) is 0 Å². The molecule has 0 heterocycles. The zero-order valence-electron chi connectivity index (χ0n) is 29.6. The van der Waals surface area contributed by atoms with Crippen molar-refractivity contribution in [3.8, 4) is 0 Å². The fraction of sp³-hybridized carbons (Fsp3) is 0.839. The Morgan fingerprint density at radius 3 is 0.595 bits per heavy atom. The average Bonchev–Trinajstić information content (AvgIpc) is 2.99. The smallest absolute Gasteiger partial charge is 0.214 e. The quantitative estimate of drug-likeness (QED) is 0.142. The van der Waals surface area contributed by atoms with Crippen LogP contribution in [0.25, 0.3) is 16.0 Å². The summed E-state index contributed by atoms with van der Waals surface area (Å²) >= 11 is -4.06. The molecule has 1 aromatic carbocycles. The fourth-order valence-corrected chi connectivity index (χ4v) is 4.30. The summed E-state index contributed by atoms with van der Waals surface area (Å²) in [6.45, 7) is 38.2. The molecule has 0 aliphatic heterocycles. The number of alkyl halides is 6. The van der Waals surface area contributed by atoms with Crippen molar-refractivity contribution in [2.45, 2.75) is 168 Å². The first-order chi connectivity index (χ1) is 17.3. The molecule has 0 bridgehead atoms. The van der Waals surface area contributed by atoms with Crippen LogP contribution in [0.2, 0.25) is 0 Å². The van der Waals surface area contributed by atoms with E-state index in [9.17, 15) is 26.3 Å². The van der Waals surface area contributed by atoms with Crippen LogP contribution in [0.3, 0.4) is 0 Å². The molecule has 11 heteroatoms. The monoisotopic (exact) mass is 842 g/mol. The zero-order chi connectivity index (χ0) is 34.4. The van der Waals surface area contributed by atoms with Gasteiger partial charge in [-0.25, -0.2) is 12.1 Å². The standard InChI is InChI=1S/3C8H18N.C5H5.C2HF6Ge.Hf/c3*1-7(2,3)9-8(4,5)6;1-2-4-5-3-1;3-1(4,5)9-2(6,7)8;/h3*1-6H3;1-5H;9H;/q4*-1;;+4. The molecule has 0 aliphatic rings. The molecule has 0 fully saturated rings. The molecule has 1 radical (unpaired) electrons. The van der Waals surface area contributed by atoms with Crippen molar-refractivity contribution in [1.29, 1.82) is 0 Å². The van der Waals surface area contributed by atoms with Gasteiger partial charge in [-0.1, -0.05) is 125 Å². The number of halogens is 6. The third kappa shape index (κ3) is 72.5. The van der Waals surface area contributed by atoms with Crippen molar-refractivity contribution in [3.05, 3.63) is 46.3 Å². The van der Waals surface area contributed by atoms with Crippen molar-refractivity contribution in [2.75, 3.05) is 0 Å². The van der Waals surface area contributed by atoms with Crippen molar-refractivity contribution >= 4 is 15.4 Å². The van der Waals surface area contributed by atoms with E-state index >= 15 is 0 Å². The Labute approximate surface area is 280 Å². The molecule has 3 nitrogen and oxygen atoms in total. The van der Waals surface area contributed by atoms with Gasteiger partial charge in [0.15, 0.2) is 0 Å². The summed E-state index contributed by atoms with van der Waals surface area (Å²) in [6.07, 6.45) is 0. The summed E-state index contributed by atoms with van der Waals surface area (Å²) in [5.74, 6) is 0. The third-order valence-electron chi connectivity index (χ3n) is 2.90. The molecule has 0 aliphatic carbocycles. The minimum Gasteiger partial charge on any atom is -0.214 e. The average molecular weight is 840 g/mol. The second-order valence-corrected chi connectivity index (χ2v) is 18.9. The van der Waals surface area contributed by atoms with E-state index in [4.69, 9.17) is 0 Å². The molecule has 0 atom stereocenters. The molecular weight excluding hydrogens is 779 g/mol. The first kappa shape index (κ1) is 51.8. The van der Waals surface area contributed by atoms with Crippen LogP contribution >= 0.6 is 0 Å². The first-order valence-electron chi connectivity index (χ1n) is 13.7. The SMILES string of the molecule is CC(C)(C)[N-]C(C)(C)C.CC(C)(C)[N-]C(C)(C)C.CC(C)(C)[N-]C(C)(C)C.F[C](F)(F)[GeH][C](F)(F)F.[Hf+4].c1cc[cH-]c1. The van der Waals surface area contributed by atoms with Gasteiger partial charge in [0.05, 0.1) is 0 Å². The first-order valence-corrected chi connectivity index (χ1v) is 16.1. The van der Waals surface area contributed by atoms with Crippen molar-refractivity contribution < 1.29 is 52.2 Å². The van der Waals surface area contributed by atoms with Gasteiger partial charge in [-0.2, -0.15) is 18.2 Å². The van der Waals surface area contributed by atoms with E-state index in [1.165, 1.54) is 0 Å². The van der Waals surface area contributed by atoms with Gasteiger partial charge in [-0.05, 0) is 0 Å². The Morgan fingerprint density at radius 1 is 0.405 bits per heavy atom. The Morgan fingerprint density at radius 2 is 0.571 bits per heavy atom. The van der Waals surface area contributed by atoms with Gasteiger partial charge < -0.3 is 16.0 Å². The van der Waals surface area contributed by atoms with Crippen LogP contribution in [0.5, 0.6) is 0 Å². The molecule has 0 saturated heterocycles. The van der Waals surface area contributed by atoms with E-state index in [1.807, 2.05) is 30.3 Å². The summed E-state index contributed by atoms with van der Waals surface area (Å²) in [4.78, 5) is 0. The van der Waals surface area contributed by atoms with E-state index in [2.05, 4.69) is 141 Å². The summed E-state index contributed by atoms with van der Waals surface area (Å²) in [7, 11) is 0. The number of hydrogen-bond acceptors (Lipinski definition) is 0. The number of hydrogen-bond donors (Lipinski definition) is 0. The van der Waals surface area contributed by atoms with Crippen LogP contribution in [0.1, 0.15) is 125 Å². The molecule has 0 unspecified atom stereocenters. The fourth-order valence-electron chi connectivity index (χ4n) is 3.53. The summed E-state index contributed by atoms with van der Waals surface area (Å²) in [5.41, 5.74) is 0.656. The predicted molar refractivity (Wildman–Crippen MR) is 170 cm³/mol. The second-order valence-electron chi connectivity index (χ2n) is 15.6. The van der Waals surface area contributed by atoms with Gasteiger partial charge in [0.25, 0.3) is 0 Å². The normalized spacial score (nSPS) is 13.0. The minimum absolute atomic E-state index is 0.